The van der Waals surface area contributed by atoms with Gasteiger partial charge in [0.15, 0.2) is 0 Å². The van der Waals surface area contributed by atoms with E-state index < -0.39 is 5.60 Å². The van der Waals surface area contributed by atoms with Crippen LogP contribution in [0.1, 0.15) is 47.0 Å². The molecule has 102 valence electrons. The van der Waals surface area contributed by atoms with Gasteiger partial charge in [-0.25, -0.2) is 0 Å². The molecule has 0 saturated carbocycles. The summed E-state index contributed by atoms with van der Waals surface area (Å²) in [5.41, 5.74) is -0.397. The number of thioether (sulfide) groups is 1. The van der Waals surface area contributed by atoms with E-state index in [0.29, 0.717) is 0 Å². The van der Waals surface area contributed by atoms with Gasteiger partial charge >= 0.3 is 5.97 Å². The van der Waals surface area contributed by atoms with Crippen LogP contribution >= 0.6 is 11.8 Å². The van der Waals surface area contributed by atoms with Gasteiger partial charge in [0, 0.05) is 0 Å². The average Bonchev–Trinajstić information content (AvgIpc) is 2.20. The molecule has 0 rings (SSSR count). The van der Waals surface area contributed by atoms with Crippen LogP contribution < -0.4 is 5.32 Å². The minimum atomic E-state index is -0.397. The molecule has 0 radical (unpaired) electrons. The van der Waals surface area contributed by atoms with Crippen molar-refractivity contribution in [2.45, 2.75) is 58.6 Å². The Labute approximate surface area is 110 Å². The number of hydrogen-bond donors (Lipinski definition) is 1. The molecule has 0 aliphatic rings. The van der Waals surface area contributed by atoms with Gasteiger partial charge in [0.2, 0.25) is 0 Å². The van der Waals surface area contributed by atoms with Crippen LogP contribution in [0, 0.1) is 0 Å². The van der Waals surface area contributed by atoms with Crippen molar-refractivity contribution < 1.29 is 9.53 Å². The van der Waals surface area contributed by atoms with Gasteiger partial charge in [0.25, 0.3) is 0 Å². The maximum Gasteiger partial charge on any atom is 0.323 e. The molecule has 1 atom stereocenters. The number of nitrogens with one attached hydrogen (secondary N) is 1. The second-order valence-electron chi connectivity index (χ2n) is 5.26. The SMILES string of the molecule is CSCCCCCNC(C)C(=O)OC(C)(C)C. The van der Waals surface area contributed by atoms with Gasteiger partial charge in [-0.3, -0.25) is 4.79 Å². The zero-order chi connectivity index (χ0) is 13.3. The van der Waals surface area contributed by atoms with Crippen LogP contribution in [0.4, 0.5) is 0 Å². The first kappa shape index (κ1) is 16.8. The number of carbonyl (C=O) groups excluding carboxylic acids is 1. The first-order valence-electron chi connectivity index (χ1n) is 6.32. The number of carbonyl (C=O) groups is 1. The Kier molecular flexibility index (Phi) is 8.70. The molecule has 0 bridgehead atoms. The lowest BCUT2D eigenvalue weighted by molar-refractivity contribution is -0.156. The quantitative estimate of drug-likeness (QED) is 0.538. The molecule has 0 saturated heterocycles. The number of esters is 1. The number of hydrogen-bond acceptors (Lipinski definition) is 4. The van der Waals surface area contributed by atoms with Crippen molar-refractivity contribution in [3.63, 3.8) is 0 Å². The second-order valence-corrected chi connectivity index (χ2v) is 6.25. The average molecular weight is 261 g/mol. The molecule has 0 spiro atoms. The lowest BCUT2D eigenvalue weighted by atomic mass is 10.2. The summed E-state index contributed by atoms with van der Waals surface area (Å²) in [6, 6.07) is -0.213. The Hall–Kier alpha value is -0.220. The predicted molar refractivity (Wildman–Crippen MR) is 75.5 cm³/mol. The molecule has 0 aliphatic heterocycles. The fourth-order valence-electron chi connectivity index (χ4n) is 1.34. The smallest absolute Gasteiger partial charge is 0.323 e. The van der Waals surface area contributed by atoms with Crippen LogP contribution in [0.5, 0.6) is 0 Å². The highest BCUT2D eigenvalue weighted by molar-refractivity contribution is 7.98. The van der Waals surface area contributed by atoms with Gasteiger partial charge in [-0.1, -0.05) is 6.42 Å². The van der Waals surface area contributed by atoms with Crippen LogP contribution in [0.3, 0.4) is 0 Å². The van der Waals surface area contributed by atoms with Gasteiger partial charge in [-0.2, -0.15) is 11.8 Å². The van der Waals surface area contributed by atoms with Crippen LogP contribution in [0.2, 0.25) is 0 Å². The second kappa shape index (κ2) is 8.81. The molecular formula is C13H27NO2S. The summed E-state index contributed by atoms with van der Waals surface area (Å²) < 4.78 is 5.29. The minimum Gasteiger partial charge on any atom is -0.459 e. The van der Waals surface area contributed by atoms with Crippen molar-refractivity contribution >= 4 is 17.7 Å². The molecule has 3 nitrogen and oxygen atoms in total. The molecular weight excluding hydrogens is 234 g/mol. The molecule has 17 heavy (non-hydrogen) atoms. The number of unbranched alkanes of at least 4 members (excludes halogenated alkanes) is 2. The van der Waals surface area contributed by atoms with E-state index in [9.17, 15) is 4.79 Å². The molecule has 0 heterocycles. The third-order valence-electron chi connectivity index (χ3n) is 2.24. The lowest BCUT2D eigenvalue weighted by Gasteiger charge is -2.22. The van der Waals surface area contributed by atoms with Gasteiger partial charge in [0.05, 0.1) is 0 Å². The van der Waals surface area contributed by atoms with Crippen LogP contribution in [0.25, 0.3) is 0 Å². The molecule has 0 aromatic rings. The Morgan fingerprint density at radius 3 is 2.47 bits per heavy atom. The topological polar surface area (TPSA) is 38.3 Å². The van der Waals surface area contributed by atoms with Crippen molar-refractivity contribution in [3.05, 3.63) is 0 Å². The maximum atomic E-state index is 11.6. The molecule has 1 unspecified atom stereocenters. The summed E-state index contributed by atoms with van der Waals surface area (Å²) in [6.07, 6.45) is 5.72. The number of rotatable bonds is 8. The van der Waals surface area contributed by atoms with Crippen molar-refractivity contribution in [3.8, 4) is 0 Å². The van der Waals surface area contributed by atoms with Crippen LogP contribution in [-0.4, -0.2) is 36.2 Å². The molecule has 0 amide bonds. The van der Waals surface area contributed by atoms with Gasteiger partial charge in [0.1, 0.15) is 11.6 Å². The van der Waals surface area contributed by atoms with Crippen LogP contribution in [0.15, 0.2) is 0 Å². The third kappa shape index (κ3) is 10.6. The fourth-order valence-corrected chi connectivity index (χ4v) is 1.83. The molecule has 1 N–H and O–H groups in total. The molecule has 4 heteroatoms. The fraction of sp³-hybridized carbons (Fsp3) is 0.923. The highest BCUT2D eigenvalue weighted by Gasteiger charge is 2.20. The van der Waals surface area contributed by atoms with E-state index in [1.165, 1.54) is 18.6 Å². The van der Waals surface area contributed by atoms with E-state index in [2.05, 4.69) is 11.6 Å². The van der Waals surface area contributed by atoms with E-state index in [4.69, 9.17) is 4.74 Å². The maximum absolute atomic E-state index is 11.6. The Balaban J connectivity index is 3.58. The standard InChI is InChI=1S/C13H27NO2S/c1-11(12(15)16-13(2,3)4)14-9-7-6-8-10-17-5/h11,14H,6-10H2,1-5H3. The normalized spacial score (nSPS) is 13.5. The lowest BCUT2D eigenvalue weighted by Crippen LogP contribution is -2.39. The van der Waals surface area contributed by atoms with Crippen molar-refractivity contribution in [2.75, 3.05) is 18.6 Å². The Morgan fingerprint density at radius 2 is 1.94 bits per heavy atom. The summed E-state index contributed by atoms with van der Waals surface area (Å²) in [7, 11) is 0. The Morgan fingerprint density at radius 1 is 1.29 bits per heavy atom. The zero-order valence-electron chi connectivity index (χ0n) is 11.8. The van der Waals surface area contributed by atoms with Crippen LogP contribution in [-0.2, 0) is 9.53 Å². The largest absolute Gasteiger partial charge is 0.459 e. The molecule has 0 aromatic carbocycles. The van der Waals surface area contributed by atoms with E-state index >= 15 is 0 Å². The highest BCUT2D eigenvalue weighted by atomic mass is 32.2. The van der Waals surface area contributed by atoms with Gasteiger partial charge < -0.3 is 10.1 Å². The van der Waals surface area contributed by atoms with E-state index in [0.717, 1.165) is 13.0 Å². The Bertz CT molecular complexity index is 214. The van der Waals surface area contributed by atoms with Crippen molar-refractivity contribution in [1.82, 2.24) is 5.32 Å². The first-order chi connectivity index (χ1) is 7.87. The first-order valence-corrected chi connectivity index (χ1v) is 7.71. The van der Waals surface area contributed by atoms with Crippen molar-refractivity contribution in [2.24, 2.45) is 0 Å². The summed E-state index contributed by atoms with van der Waals surface area (Å²) in [4.78, 5) is 11.6. The monoisotopic (exact) mass is 261 g/mol. The zero-order valence-corrected chi connectivity index (χ0v) is 12.7. The molecule has 0 fully saturated rings. The minimum absolute atomic E-state index is 0.165. The van der Waals surface area contributed by atoms with E-state index in [1.54, 1.807) is 0 Å². The van der Waals surface area contributed by atoms with Gasteiger partial charge in [-0.15, -0.1) is 0 Å². The van der Waals surface area contributed by atoms with E-state index in [-0.39, 0.29) is 12.0 Å². The predicted octanol–water partition coefficient (Wildman–Crippen LogP) is 2.84. The van der Waals surface area contributed by atoms with E-state index in [1.807, 2.05) is 39.5 Å². The highest BCUT2D eigenvalue weighted by Crippen LogP contribution is 2.08. The summed E-state index contributed by atoms with van der Waals surface area (Å²) in [6.45, 7) is 8.41. The van der Waals surface area contributed by atoms with Gasteiger partial charge in [-0.05, 0) is 59.1 Å². The summed E-state index contributed by atoms with van der Waals surface area (Å²) >= 11 is 1.88. The molecule has 0 aromatic heterocycles. The van der Waals surface area contributed by atoms with Crippen molar-refractivity contribution in [1.29, 1.82) is 0 Å². The molecule has 0 aliphatic carbocycles. The summed E-state index contributed by atoms with van der Waals surface area (Å²) in [5, 5.41) is 3.20. The third-order valence-corrected chi connectivity index (χ3v) is 2.93. The summed E-state index contributed by atoms with van der Waals surface area (Å²) in [5.74, 6) is 1.06. The number of ether oxygens (including phenoxy) is 1.